The Morgan fingerprint density at radius 2 is 2.40 bits per heavy atom. The summed E-state index contributed by atoms with van der Waals surface area (Å²) in [7, 11) is 0. The molecule has 1 N–H and O–H groups in total. The zero-order valence-corrected chi connectivity index (χ0v) is 6.43. The molecular formula is C9H14O. The summed E-state index contributed by atoms with van der Waals surface area (Å²) in [5, 5.41) is 9.93. The van der Waals surface area contributed by atoms with Crippen LogP contribution in [0, 0.1) is 5.92 Å². The second-order valence-electron chi connectivity index (χ2n) is 3.63. The maximum Gasteiger partial charge on any atom is 0.0916 e. The summed E-state index contributed by atoms with van der Waals surface area (Å²) in [6.07, 6.45) is 6.93. The lowest BCUT2D eigenvalue weighted by Gasteiger charge is -2.47. The summed E-state index contributed by atoms with van der Waals surface area (Å²) in [6.45, 7) is 2.04. The Morgan fingerprint density at radius 1 is 1.60 bits per heavy atom. The molecule has 0 aromatic rings. The Kier molecular flexibility index (Phi) is 1.19. The first kappa shape index (κ1) is 6.41. The molecule has 0 amide bonds. The molecule has 1 heteroatoms. The summed E-state index contributed by atoms with van der Waals surface area (Å²) in [4.78, 5) is 0. The molecule has 10 heavy (non-hydrogen) atoms. The summed E-state index contributed by atoms with van der Waals surface area (Å²) < 4.78 is 0. The van der Waals surface area contributed by atoms with Gasteiger partial charge in [0.25, 0.3) is 0 Å². The van der Waals surface area contributed by atoms with Gasteiger partial charge >= 0.3 is 0 Å². The smallest absolute Gasteiger partial charge is 0.0916 e. The highest BCUT2D eigenvalue weighted by Gasteiger charge is 2.45. The normalized spacial score (nSPS) is 45.4. The summed E-state index contributed by atoms with van der Waals surface area (Å²) in [5.41, 5.74) is 0.843. The maximum absolute atomic E-state index is 9.93. The van der Waals surface area contributed by atoms with E-state index in [9.17, 15) is 5.11 Å². The van der Waals surface area contributed by atoms with Gasteiger partial charge in [-0.1, -0.05) is 18.9 Å². The van der Waals surface area contributed by atoms with Crippen molar-refractivity contribution >= 4 is 0 Å². The standard InChI is InChI=1S/C9H14O/c1-7-6-8-4-2-3-5-9(7,8)10/h6,8,10H,2-5H2,1H3. The van der Waals surface area contributed by atoms with E-state index in [1.807, 2.05) is 6.92 Å². The fourth-order valence-electron chi connectivity index (χ4n) is 2.24. The molecule has 2 aliphatic carbocycles. The fraction of sp³-hybridized carbons (Fsp3) is 0.778. The first-order valence-corrected chi connectivity index (χ1v) is 4.15. The molecule has 56 valence electrons. The van der Waals surface area contributed by atoms with Crippen LogP contribution in [0.2, 0.25) is 0 Å². The molecule has 0 aromatic carbocycles. The number of aliphatic hydroxyl groups is 1. The molecule has 0 bridgehead atoms. The van der Waals surface area contributed by atoms with Crippen LogP contribution in [0.25, 0.3) is 0 Å². The fourth-order valence-corrected chi connectivity index (χ4v) is 2.24. The lowest BCUT2D eigenvalue weighted by molar-refractivity contribution is -0.0190. The van der Waals surface area contributed by atoms with Crippen molar-refractivity contribution in [1.82, 2.24) is 0 Å². The predicted molar refractivity (Wildman–Crippen MR) is 40.7 cm³/mol. The number of rotatable bonds is 0. The van der Waals surface area contributed by atoms with Gasteiger partial charge in [-0.05, 0) is 25.3 Å². The van der Waals surface area contributed by atoms with Crippen LogP contribution in [0.5, 0.6) is 0 Å². The molecule has 2 aliphatic rings. The van der Waals surface area contributed by atoms with E-state index in [2.05, 4.69) is 6.08 Å². The van der Waals surface area contributed by atoms with Gasteiger partial charge in [-0.3, -0.25) is 0 Å². The highest BCUT2D eigenvalue weighted by atomic mass is 16.3. The molecule has 0 heterocycles. The quantitative estimate of drug-likeness (QED) is 0.507. The van der Waals surface area contributed by atoms with Crippen LogP contribution in [-0.4, -0.2) is 10.7 Å². The van der Waals surface area contributed by atoms with E-state index < -0.39 is 0 Å². The molecular weight excluding hydrogens is 124 g/mol. The molecule has 1 nitrogen and oxygen atoms in total. The zero-order chi connectivity index (χ0) is 7.19. The summed E-state index contributed by atoms with van der Waals surface area (Å²) in [6, 6.07) is 0. The molecule has 1 saturated carbocycles. The number of hydrogen-bond acceptors (Lipinski definition) is 1. The third kappa shape index (κ3) is 0.615. The minimum Gasteiger partial charge on any atom is -0.385 e. The first-order valence-electron chi connectivity index (χ1n) is 4.15. The number of hydrogen-bond donors (Lipinski definition) is 1. The average Bonchev–Trinajstić information content (AvgIpc) is 1.93. The van der Waals surface area contributed by atoms with E-state index in [1.54, 1.807) is 0 Å². The van der Waals surface area contributed by atoms with Crippen LogP contribution in [0.4, 0.5) is 0 Å². The lowest BCUT2D eigenvalue weighted by atomic mass is 9.63. The minimum absolute atomic E-state index is 0.363. The molecule has 2 unspecified atom stereocenters. The summed E-state index contributed by atoms with van der Waals surface area (Å²) >= 11 is 0. The first-order chi connectivity index (χ1) is 4.73. The van der Waals surface area contributed by atoms with Gasteiger partial charge in [-0.2, -0.15) is 0 Å². The van der Waals surface area contributed by atoms with Crippen molar-refractivity contribution in [3.63, 3.8) is 0 Å². The topological polar surface area (TPSA) is 20.2 Å². The molecule has 1 fully saturated rings. The van der Waals surface area contributed by atoms with Crippen molar-refractivity contribution in [1.29, 1.82) is 0 Å². The van der Waals surface area contributed by atoms with Crippen molar-refractivity contribution in [2.75, 3.05) is 0 Å². The van der Waals surface area contributed by atoms with Gasteiger partial charge in [0.15, 0.2) is 0 Å². The van der Waals surface area contributed by atoms with Crippen LogP contribution in [0.15, 0.2) is 11.6 Å². The molecule has 0 spiro atoms. The van der Waals surface area contributed by atoms with Crippen LogP contribution in [0.1, 0.15) is 32.6 Å². The van der Waals surface area contributed by atoms with E-state index in [0.717, 1.165) is 6.42 Å². The van der Waals surface area contributed by atoms with E-state index in [1.165, 1.54) is 24.8 Å². The Bertz CT molecular complexity index is 183. The van der Waals surface area contributed by atoms with Crippen molar-refractivity contribution in [2.45, 2.75) is 38.2 Å². The van der Waals surface area contributed by atoms with E-state index in [-0.39, 0.29) is 5.60 Å². The van der Waals surface area contributed by atoms with Crippen molar-refractivity contribution in [3.05, 3.63) is 11.6 Å². The van der Waals surface area contributed by atoms with Gasteiger partial charge in [-0.15, -0.1) is 0 Å². The van der Waals surface area contributed by atoms with Crippen LogP contribution in [-0.2, 0) is 0 Å². The van der Waals surface area contributed by atoms with Gasteiger partial charge in [0.2, 0.25) is 0 Å². The zero-order valence-electron chi connectivity index (χ0n) is 6.43. The van der Waals surface area contributed by atoms with Crippen LogP contribution >= 0.6 is 0 Å². The molecule has 2 atom stereocenters. The SMILES string of the molecule is CC1=CC2CCCCC12O. The Balaban J connectivity index is 2.21. The number of fused-ring (bicyclic) bond motifs is 1. The highest BCUT2D eigenvalue weighted by Crippen LogP contribution is 2.47. The minimum atomic E-state index is -0.363. The van der Waals surface area contributed by atoms with Crippen LogP contribution < -0.4 is 0 Å². The largest absolute Gasteiger partial charge is 0.385 e. The maximum atomic E-state index is 9.93. The third-order valence-corrected chi connectivity index (χ3v) is 3.07. The lowest BCUT2D eigenvalue weighted by Crippen LogP contribution is -2.47. The molecule has 0 saturated heterocycles. The second-order valence-corrected chi connectivity index (χ2v) is 3.63. The Labute approximate surface area is 61.8 Å². The van der Waals surface area contributed by atoms with E-state index in [0.29, 0.717) is 5.92 Å². The van der Waals surface area contributed by atoms with Gasteiger partial charge < -0.3 is 5.11 Å². The monoisotopic (exact) mass is 138 g/mol. The summed E-state index contributed by atoms with van der Waals surface area (Å²) in [5.74, 6) is 0.501. The van der Waals surface area contributed by atoms with Gasteiger partial charge in [0, 0.05) is 5.92 Å². The Hall–Kier alpha value is -0.300. The van der Waals surface area contributed by atoms with Crippen molar-refractivity contribution < 1.29 is 5.11 Å². The molecule has 0 aromatic heterocycles. The highest BCUT2D eigenvalue weighted by molar-refractivity contribution is 5.31. The molecule has 2 rings (SSSR count). The van der Waals surface area contributed by atoms with Gasteiger partial charge in [-0.25, -0.2) is 0 Å². The van der Waals surface area contributed by atoms with E-state index >= 15 is 0 Å². The third-order valence-electron chi connectivity index (χ3n) is 3.07. The van der Waals surface area contributed by atoms with Crippen LogP contribution in [0.3, 0.4) is 0 Å². The van der Waals surface area contributed by atoms with E-state index in [4.69, 9.17) is 0 Å². The average molecular weight is 138 g/mol. The van der Waals surface area contributed by atoms with Gasteiger partial charge in [0.1, 0.15) is 0 Å². The second kappa shape index (κ2) is 1.85. The molecule has 0 aliphatic heterocycles. The predicted octanol–water partition coefficient (Wildman–Crippen LogP) is 1.87. The van der Waals surface area contributed by atoms with Gasteiger partial charge in [0.05, 0.1) is 5.60 Å². The molecule has 0 radical (unpaired) electrons. The van der Waals surface area contributed by atoms with Crippen molar-refractivity contribution in [2.24, 2.45) is 5.92 Å². The van der Waals surface area contributed by atoms with Crippen molar-refractivity contribution in [3.8, 4) is 0 Å². The Morgan fingerprint density at radius 3 is 2.90 bits per heavy atom.